The molecule has 38 heavy (non-hydrogen) atoms. The van der Waals surface area contributed by atoms with E-state index in [4.69, 9.17) is 4.74 Å². The van der Waals surface area contributed by atoms with Crippen LogP contribution in [-0.4, -0.2) is 50.9 Å². The van der Waals surface area contributed by atoms with E-state index in [2.05, 4.69) is 5.32 Å². The smallest absolute Gasteiger partial charge is 0.264 e. The zero-order chi connectivity index (χ0) is 27.7. The van der Waals surface area contributed by atoms with Gasteiger partial charge in [0.25, 0.3) is 10.0 Å². The maximum Gasteiger partial charge on any atom is 0.264 e. The third-order valence-electron chi connectivity index (χ3n) is 6.31. The Hall–Kier alpha value is -3.85. The number of carbonyl (C=O) groups excluding carboxylic acids is 2. The summed E-state index contributed by atoms with van der Waals surface area (Å²) in [4.78, 5) is 28.4. The number of nitrogens with one attached hydrogen (secondary N) is 1. The van der Waals surface area contributed by atoms with Gasteiger partial charge in [0.05, 0.1) is 17.7 Å². The van der Waals surface area contributed by atoms with Gasteiger partial charge in [0, 0.05) is 12.6 Å². The molecule has 3 aromatic carbocycles. The van der Waals surface area contributed by atoms with E-state index >= 15 is 0 Å². The molecule has 0 fully saturated rings. The summed E-state index contributed by atoms with van der Waals surface area (Å²) in [7, 11) is -2.52. The minimum absolute atomic E-state index is 0.0681. The highest BCUT2D eigenvalue weighted by Crippen LogP contribution is 2.24. The lowest BCUT2D eigenvalue weighted by atomic mass is 10.1. The first kappa shape index (κ1) is 28.7. The van der Waals surface area contributed by atoms with Crippen molar-refractivity contribution in [1.29, 1.82) is 0 Å². The zero-order valence-corrected chi connectivity index (χ0v) is 23.0. The molecule has 3 rings (SSSR count). The van der Waals surface area contributed by atoms with Crippen LogP contribution in [0.5, 0.6) is 5.75 Å². The molecule has 2 atom stereocenters. The van der Waals surface area contributed by atoms with Crippen molar-refractivity contribution in [3.8, 4) is 5.75 Å². The Bertz CT molecular complexity index is 1320. The molecule has 0 saturated carbocycles. The molecule has 2 amide bonds. The number of methoxy groups -OCH3 is 1. The van der Waals surface area contributed by atoms with E-state index in [0.29, 0.717) is 11.4 Å². The number of ether oxygens (including phenoxy) is 1. The Balaban J connectivity index is 1.99. The van der Waals surface area contributed by atoms with Crippen molar-refractivity contribution >= 4 is 27.5 Å². The molecule has 2 unspecified atom stereocenters. The quantitative estimate of drug-likeness (QED) is 0.373. The molecule has 0 radical (unpaired) electrons. The largest absolute Gasteiger partial charge is 0.497 e. The summed E-state index contributed by atoms with van der Waals surface area (Å²) in [5, 5.41) is 2.92. The second-order valence-corrected chi connectivity index (χ2v) is 10.9. The number of carbonyl (C=O) groups is 2. The number of hydrogen-bond acceptors (Lipinski definition) is 5. The van der Waals surface area contributed by atoms with Crippen molar-refractivity contribution < 1.29 is 22.7 Å². The lowest BCUT2D eigenvalue weighted by Gasteiger charge is -2.32. The first-order valence-electron chi connectivity index (χ1n) is 12.5. The Morgan fingerprint density at radius 3 is 2.16 bits per heavy atom. The third-order valence-corrected chi connectivity index (χ3v) is 8.10. The summed E-state index contributed by atoms with van der Waals surface area (Å²) in [5.41, 5.74) is 1.10. The Morgan fingerprint density at radius 2 is 1.55 bits per heavy atom. The van der Waals surface area contributed by atoms with E-state index < -0.39 is 28.5 Å². The molecule has 0 aliphatic carbocycles. The van der Waals surface area contributed by atoms with Crippen LogP contribution >= 0.6 is 0 Å². The lowest BCUT2D eigenvalue weighted by molar-refractivity contribution is -0.139. The number of nitrogens with zero attached hydrogens (tertiary/aromatic N) is 2. The van der Waals surface area contributed by atoms with Crippen LogP contribution in [0, 0.1) is 0 Å². The van der Waals surface area contributed by atoms with Gasteiger partial charge in [-0.05, 0) is 62.2 Å². The normalized spacial score (nSPS) is 12.7. The summed E-state index contributed by atoms with van der Waals surface area (Å²) in [5.74, 6) is -0.208. The van der Waals surface area contributed by atoms with Gasteiger partial charge in [-0.1, -0.05) is 55.5 Å². The molecule has 0 aromatic heterocycles. The van der Waals surface area contributed by atoms with E-state index in [1.807, 2.05) is 19.9 Å². The second-order valence-electron chi connectivity index (χ2n) is 9.03. The molecule has 0 aliphatic rings. The number of sulfonamides is 1. The van der Waals surface area contributed by atoms with Gasteiger partial charge in [-0.2, -0.15) is 0 Å². The molecule has 202 valence electrons. The highest BCUT2D eigenvalue weighted by Gasteiger charge is 2.32. The van der Waals surface area contributed by atoms with Crippen LogP contribution in [0.4, 0.5) is 5.69 Å². The van der Waals surface area contributed by atoms with Gasteiger partial charge in [-0.25, -0.2) is 8.42 Å². The molecule has 0 heterocycles. The molecule has 9 heteroatoms. The fourth-order valence-corrected chi connectivity index (χ4v) is 5.29. The standard InChI is InChI=1S/C29H35N3O5S/c1-5-22(2)30-29(34)23(3)31(20-24-13-12-16-26(19-24)37-4)28(33)21-32(25-14-8-6-9-15-25)38(35,36)27-17-10-7-11-18-27/h6-19,22-23H,5,20-21H2,1-4H3,(H,30,34). The second kappa shape index (κ2) is 13.1. The summed E-state index contributed by atoms with van der Waals surface area (Å²) < 4.78 is 33.8. The maximum atomic E-state index is 13.9. The van der Waals surface area contributed by atoms with Crippen molar-refractivity contribution in [2.24, 2.45) is 0 Å². The Morgan fingerprint density at radius 1 is 0.921 bits per heavy atom. The first-order chi connectivity index (χ1) is 18.2. The average Bonchev–Trinajstić information content (AvgIpc) is 2.94. The molecule has 0 saturated heterocycles. The van der Waals surface area contributed by atoms with Crippen molar-refractivity contribution in [3.63, 3.8) is 0 Å². The van der Waals surface area contributed by atoms with E-state index in [9.17, 15) is 18.0 Å². The van der Waals surface area contributed by atoms with Crippen LogP contribution < -0.4 is 14.4 Å². The fourth-order valence-electron chi connectivity index (χ4n) is 3.86. The number of rotatable bonds is 12. The summed E-state index contributed by atoms with van der Waals surface area (Å²) >= 11 is 0. The van der Waals surface area contributed by atoms with Gasteiger partial charge in [0.15, 0.2) is 0 Å². The topological polar surface area (TPSA) is 96.0 Å². The van der Waals surface area contributed by atoms with Crippen molar-refractivity contribution in [2.45, 2.75) is 50.7 Å². The summed E-state index contributed by atoms with van der Waals surface area (Å²) in [6.45, 7) is 5.11. The number of hydrogen-bond donors (Lipinski definition) is 1. The SMILES string of the molecule is CCC(C)NC(=O)C(C)N(Cc1cccc(OC)c1)C(=O)CN(c1ccccc1)S(=O)(=O)c1ccccc1. The van der Waals surface area contributed by atoms with Crippen molar-refractivity contribution in [2.75, 3.05) is 18.0 Å². The van der Waals surface area contributed by atoms with E-state index in [-0.39, 0.29) is 23.4 Å². The number of benzene rings is 3. The van der Waals surface area contributed by atoms with E-state index in [1.165, 1.54) is 17.0 Å². The van der Waals surface area contributed by atoms with Gasteiger partial charge >= 0.3 is 0 Å². The number of amides is 2. The summed E-state index contributed by atoms with van der Waals surface area (Å²) in [6, 6.07) is 22.7. The first-order valence-corrected chi connectivity index (χ1v) is 14.0. The van der Waals surface area contributed by atoms with Crippen LogP contribution in [0.2, 0.25) is 0 Å². The summed E-state index contributed by atoms with van der Waals surface area (Å²) in [6.07, 6.45) is 0.736. The van der Waals surface area contributed by atoms with Crippen molar-refractivity contribution in [1.82, 2.24) is 10.2 Å². The zero-order valence-electron chi connectivity index (χ0n) is 22.2. The van der Waals surface area contributed by atoms with Crippen LogP contribution in [-0.2, 0) is 26.2 Å². The fraction of sp³-hybridized carbons (Fsp3) is 0.310. The van der Waals surface area contributed by atoms with Gasteiger partial charge in [-0.3, -0.25) is 13.9 Å². The number of para-hydroxylation sites is 1. The molecular weight excluding hydrogens is 502 g/mol. The maximum absolute atomic E-state index is 13.9. The van der Waals surface area contributed by atoms with Gasteiger partial charge in [-0.15, -0.1) is 0 Å². The number of anilines is 1. The molecule has 0 bridgehead atoms. The molecule has 0 aliphatic heterocycles. The van der Waals surface area contributed by atoms with Gasteiger partial charge < -0.3 is 15.0 Å². The predicted octanol–water partition coefficient (Wildman–Crippen LogP) is 4.22. The van der Waals surface area contributed by atoms with Crippen LogP contribution in [0.3, 0.4) is 0 Å². The van der Waals surface area contributed by atoms with Gasteiger partial charge in [0.2, 0.25) is 11.8 Å². The molecule has 1 N–H and O–H groups in total. The Kier molecular flexibility index (Phi) is 9.90. The minimum atomic E-state index is -4.07. The Labute approximate surface area is 225 Å². The molecule has 8 nitrogen and oxygen atoms in total. The van der Waals surface area contributed by atoms with Crippen molar-refractivity contribution in [3.05, 3.63) is 90.5 Å². The minimum Gasteiger partial charge on any atom is -0.497 e. The monoisotopic (exact) mass is 537 g/mol. The third kappa shape index (κ3) is 7.13. The van der Waals surface area contributed by atoms with E-state index in [0.717, 1.165) is 16.3 Å². The molecule has 3 aromatic rings. The molecule has 0 spiro atoms. The highest BCUT2D eigenvalue weighted by molar-refractivity contribution is 7.92. The van der Waals surface area contributed by atoms with Crippen LogP contribution in [0.15, 0.2) is 89.8 Å². The van der Waals surface area contributed by atoms with Gasteiger partial charge in [0.1, 0.15) is 18.3 Å². The predicted molar refractivity (Wildman–Crippen MR) is 148 cm³/mol. The highest BCUT2D eigenvalue weighted by atomic mass is 32.2. The molecular formula is C29H35N3O5S. The average molecular weight is 538 g/mol. The van der Waals surface area contributed by atoms with Crippen LogP contribution in [0.25, 0.3) is 0 Å². The lowest BCUT2D eigenvalue weighted by Crippen LogP contribution is -2.52. The van der Waals surface area contributed by atoms with E-state index in [1.54, 1.807) is 80.8 Å². The van der Waals surface area contributed by atoms with Crippen LogP contribution in [0.1, 0.15) is 32.8 Å².